The molecule has 210 valence electrons. The van der Waals surface area contributed by atoms with Crippen LogP contribution in [0.3, 0.4) is 0 Å². The SMILES string of the molecule is CCN1C(=O)N(c2ccc(N3CCC(C#N)C3)cc2Cl)C(=O)C12CCN(Cc1ccc(N3CCCC3)cc1)CC2. The first-order chi connectivity index (χ1) is 19.4. The molecule has 0 aromatic heterocycles. The van der Waals surface area contributed by atoms with Gasteiger partial charge >= 0.3 is 6.03 Å². The molecule has 3 amide bonds. The Morgan fingerprint density at radius 3 is 2.27 bits per heavy atom. The van der Waals surface area contributed by atoms with E-state index in [-0.39, 0.29) is 17.9 Å². The summed E-state index contributed by atoms with van der Waals surface area (Å²) in [4.78, 5) is 37.6. The molecule has 4 aliphatic rings. The molecule has 9 heteroatoms. The molecule has 8 nitrogen and oxygen atoms in total. The molecule has 0 bridgehead atoms. The molecule has 4 aliphatic heterocycles. The highest BCUT2D eigenvalue weighted by Crippen LogP contribution is 2.42. The van der Waals surface area contributed by atoms with E-state index in [0.717, 1.165) is 51.4 Å². The lowest BCUT2D eigenvalue weighted by Gasteiger charge is -2.42. The van der Waals surface area contributed by atoms with Crippen LogP contribution in [0.15, 0.2) is 42.5 Å². The van der Waals surface area contributed by atoms with Crippen molar-refractivity contribution in [1.29, 1.82) is 5.26 Å². The van der Waals surface area contributed by atoms with Crippen LogP contribution in [-0.2, 0) is 11.3 Å². The van der Waals surface area contributed by atoms with E-state index >= 15 is 0 Å². The minimum absolute atomic E-state index is 0.0123. The molecule has 6 rings (SSSR count). The number of hydrogen-bond acceptors (Lipinski definition) is 6. The number of likely N-dealkylation sites (tertiary alicyclic amines) is 1. The van der Waals surface area contributed by atoms with Crippen LogP contribution in [0.25, 0.3) is 0 Å². The number of carbonyl (C=O) groups is 2. The Hall–Kier alpha value is -3.28. The van der Waals surface area contributed by atoms with Crippen molar-refractivity contribution in [2.75, 3.05) is 60.5 Å². The highest BCUT2D eigenvalue weighted by atomic mass is 35.5. The number of imide groups is 1. The summed E-state index contributed by atoms with van der Waals surface area (Å²) in [7, 11) is 0. The van der Waals surface area contributed by atoms with Gasteiger partial charge in [-0.2, -0.15) is 5.26 Å². The largest absolute Gasteiger partial charge is 0.372 e. The van der Waals surface area contributed by atoms with Crippen LogP contribution in [0.4, 0.5) is 21.9 Å². The van der Waals surface area contributed by atoms with Crippen LogP contribution < -0.4 is 14.7 Å². The molecular formula is C31H37ClN6O2. The Kier molecular flexibility index (Phi) is 7.37. The fourth-order valence-corrected chi connectivity index (χ4v) is 7.21. The quantitative estimate of drug-likeness (QED) is 0.457. The highest BCUT2D eigenvalue weighted by Gasteiger charge is 2.58. The molecule has 2 aromatic rings. The van der Waals surface area contributed by atoms with Gasteiger partial charge < -0.3 is 14.7 Å². The third-order valence-electron chi connectivity index (χ3n) is 9.26. The molecule has 2 aromatic carbocycles. The van der Waals surface area contributed by atoms with E-state index in [1.165, 1.54) is 29.0 Å². The van der Waals surface area contributed by atoms with Crippen molar-refractivity contribution >= 4 is 40.6 Å². The van der Waals surface area contributed by atoms with Crippen molar-refractivity contribution in [3.8, 4) is 6.07 Å². The molecule has 1 spiro atoms. The lowest BCUT2D eigenvalue weighted by molar-refractivity contribution is -0.127. The molecule has 0 aliphatic carbocycles. The first kappa shape index (κ1) is 26.9. The zero-order valence-electron chi connectivity index (χ0n) is 23.2. The van der Waals surface area contributed by atoms with Gasteiger partial charge in [0, 0.05) is 63.7 Å². The zero-order chi connectivity index (χ0) is 27.9. The van der Waals surface area contributed by atoms with Gasteiger partial charge in [-0.3, -0.25) is 9.69 Å². The van der Waals surface area contributed by atoms with Gasteiger partial charge in [0.15, 0.2) is 0 Å². The molecule has 40 heavy (non-hydrogen) atoms. The summed E-state index contributed by atoms with van der Waals surface area (Å²) in [6.45, 7) is 8.49. The fraction of sp³-hybridized carbons (Fsp3) is 0.516. The second-order valence-electron chi connectivity index (χ2n) is 11.5. The van der Waals surface area contributed by atoms with E-state index in [1.54, 1.807) is 11.0 Å². The molecule has 1 unspecified atom stereocenters. The summed E-state index contributed by atoms with van der Waals surface area (Å²) >= 11 is 6.71. The maximum Gasteiger partial charge on any atom is 0.332 e. The van der Waals surface area contributed by atoms with E-state index in [0.29, 0.717) is 36.6 Å². The highest BCUT2D eigenvalue weighted by molar-refractivity contribution is 6.36. The number of rotatable bonds is 6. The molecule has 1 atom stereocenters. The number of hydrogen-bond donors (Lipinski definition) is 0. The number of anilines is 3. The first-order valence-electron chi connectivity index (χ1n) is 14.6. The number of carbonyl (C=O) groups excluding carboxylic acids is 2. The minimum atomic E-state index is -0.834. The number of benzene rings is 2. The Morgan fingerprint density at radius 1 is 0.950 bits per heavy atom. The van der Waals surface area contributed by atoms with Crippen LogP contribution in [0.5, 0.6) is 0 Å². The molecule has 4 fully saturated rings. The van der Waals surface area contributed by atoms with Crippen molar-refractivity contribution in [3.05, 3.63) is 53.1 Å². The number of halogens is 1. The van der Waals surface area contributed by atoms with Gasteiger partial charge in [-0.15, -0.1) is 0 Å². The fourth-order valence-electron chi connectivity index (χ4n) is 6.95. The summed E-state index contributed by atoms with van der Waals surface area (Å²) in [6.07, 6.45) is 4.57. The van der Waals surface area contributed by atoms with E-state index in [4.69, 9.17) is 11.6 Å². The summed E-state index contributed by atoms with van der Waals surface area (Å²) in [5.74, 6) is -0.160. The number of piperidine rings is 1. The molecule has 0 N–H and O–H groups in total. The average molecular weight is 561 g/mol. The predicted molar refractivity (Wildman–Crippen MR) is 158 cm³/mol. The first-order valence-corrected chi connectivity index (χ1v) is 15.0. The number of nitriles is 1. The van der Waals surface area contributed by atoms with Gasteiger partial charge in [-0.25, -0.2) is 9.69 Å². The van der Waals surface area contributed by atoms with Gasteiger partial charge in [0.25, 0.3) is 5.91 Å². The number of amides is 3. The van der Waals surface area contributed by atoms with Crippen LogP contribution in [0, 0.1) is 17.2 Å². The van der Waals surface area contributed by atoms with Crippen molar-refractivity contribution in [1.82, 2.24) is 9.80 Å². The van der Waals surface area contributed by atoms with Crippen LogP contribution in [-0.4, -0.2) is 73.1 Å². The predicted octanol–water partition coefficient (Wildman–Crippen LogP) is 5.11. The van der Waals surface area contributed by atoms with Crippen molar-refractivity contribution in [2.24, 2.45) is 5.92 Å². The average Bonchev–Trinajstić information content (AvgIpc) is 3.72. The number of nitrogens with zero attached hydrogens (tertiary/aromatic N) is 6. The van der Waals surface area contributed by atoms with Crippen LogP contribution in [0.1, 0.15) is 44.6 Å². The Bertz CT molecular complexity index is 1310. The van der Waals surface area contributed by atoms with Crippen molar-refractivity contribution in [2.45, 2.75) is 51.1 Å². The van der Waals surface area contributed by atoms with Gasteiger partial charge in [-0.1, -0.05) is 23.7 Å². The summed E-state index contributed by atoms with van der Waals surface area (Å²) in [6, 6.07) is 16.4. The topological polar surface area (TPSA) is 74.1 Å². The van der Waals surface area contributed by atoms with Crippen molar-refractivity contribution in [3.63, 3.8) is 0 Å². The summed E-state index contributed by atoms with van der Waals surface area (Å²) in [5, 5.41) is 9.62. The van der Waals surface area contributed by atoms with E-state index < -0.39 is 5.54 Å². The molecule has 4 heterocycles. The van der Waals surface area contributed by atoms with Gasteiger partial charge in [0.2, 0.25) is 0 Å². The van der Waals surface area contributed by atoms with Crippen LogP contribution >= 0.6 is 11.6 Å². The Balaban J connectivity index is 1.14. The molecule has 4 saturated heterocycles. The molecule has 0 saturated carbocycles. The normalized spacial score (nSPS) is 23.1. The lowest BCUT2D eigenvalue weighted by atomic mass is 9.85. The third kappa shape index (κ3) is 4.69. The van der Waals surface area contributed by atoms with Crippen molar-refractivity contribution < 1.29 is 9.59 Å². The maximum atomic E-state index is 14.0. The molecule has 0 radical (unpaired) electrons. The van der Waals surface area contributed by atoms with Gasteiger partial charge in [-0.05, 0) is 74.9 Å². The second-order valence-corrected chi connectivity index (χ2v) is 11.9. The van der Waals surface area contributed by atoms with E-state index in [2.05, 4.69) is 45.0 Å². The Morgan fingerprint density at radius 2 is 1.65 bits per heavy atom. The summed E-state index contributed by atoms with van der Waals surface area (Å²) < 4.78 is 0. The zero-order valence-corrected chi connectivity index (χ0v) is 23.9. The molecular weight excluding hydrogens is 524 g/mol. The van der Waals surface area contributed by atoms with E-state index in [1.807, 2.05) is 19.1 Å². The lowest BCUT2D eigenvalue weighted by Crippen LogP contribution is -2.56. The monoisotopic (exact) mass is 560 g/mol. The number of likely N-dealkylation sites (N-methyl/N-ethyl adjacent to an activating group) is 1. The van der Waals surface area contributed by atoms with E-state index in [9.17, 15) is 14.9 Å². The van der Waals surface area contributed by atoms with Crippen LogP contribution in [0.2, 0.25) is 5.02 Å². The van der Waals surface area contributed by atoms with Gasteiger partial charge in [0.05, 0.1) is 22.7 Å². The summed E-state index contributed by atoms with van der Waals surface area (Å²) in [5.41, 5.74) is 3.08. The second kappa shape index (κ2) is 10.9. The number of urea groups is 1. The Labute approximate surface area is 241 Å². The van der Waals surface area contributed by atoms with Gasteiger partial charge in [0.1, 0.15) is 5.54 Å². The minimum Gasteiger partial charge on any atom is -0.372 e. The standard InChI is InChI=1S/C31H37ClN6O2/c1-2-37-30(40)38(28-10-9-26(19-27(28)32)36-16-11-24(20-33)22-36)29(39)31(37)12-17-34(18-13-31)21-23-5-7-25(8-6-23)35-14-3-4-15-35/h5-10,19,24H,2-4,11-18,21-22H2,1H3. The smallest absolute Gasteiger partial charge is 0.332 e. The third-order valence-corrected chi connectivity index (χ3v) is 9.56. The maximum absolute atomic E-state index is 14.0.